The summed E-state index contributed by atoms with van der Waals surface area (Å²) in [6, 6.07) is 3.31. The Kier molecular flexibility index (Phi) is 6.55. The van der Waals surface area contributed by atoms with Gasteiger partial charge in [-0.05, 0) is 36.2 Å². The van der Waals surface area contributed by atoms with Gasteiger partial charge in [0.25, 0.3) is 5.52 Å². The number of carbonyl (C=O) groups is 1. The quantitative estimate of drug-likeness (QED) is 0.677. The van der Waals surface area contributed by atoms with E-state index in [0.717, 1.165) is 12.7 Å². The predicted octanol–water partition coefficient (Wildman–Crippen LogP) is 3.37. The molecule has 0 radical (unpaired) electrons. The summed E-state index contributed by atoms with van der Waals surface area (Å²) in [6.45, 7) is 4.98. The molecular formula is C11H16O9P3+. The highest BCUT2D eigenvalue weighted by Crippen LogP contribution is 2.66. The highest BCUT2D eigenvalue weighted by atomic mass is 31.3. The fourth-order valence-corrected chi connectivity index (χ4v) is 5.58. The number of rotatable bonds is 7. The van der Waals surface area contributed by atoms with Crippen molar-refractivity contribution in [2.75, 3.05) is 7.11 Å². The van der Waals surface area contributed by atoms with Gasteiger partial charge in [0.15, 0.2) is 0 Å². The van der Waals surface area contributed by atoms with E-state index in [4.69, 9.17) is 4.89 Å². The summed E-state index contributed by atoms with van der Waals surface area (Å²) in [5.74, 6) is 0. The average Bonchev–Trinajstić information content (AvgIpc) is 2.34. The van der Waals surface area contributed by atoms with Crippen molar-refractivity contribution in [1.29, 1.82) is 0 Å². The molecule has 23 heavy (non-hydrogen) atoms. The van der Waals surface area contributed by atoms with E-state index in [9.17, 15) is 23.4 Å². The third-order valence-corrected chi connectivity index (χ3v) is 7.04. The molecule has 0 amide bonds. The lowest BCUT2D eigenvalue weighted by atomic mass is 10.0. The molecule has 0 heterocycles. The third-order valence-electron chi connectivity index (χ3n) is 2.76. The first-order chi connectivity index (χ1) is 10.4. The molecule has 0 spiro atoms. The Balaban J connectivity index is 3.29. The Morgan fingerprint density at radius 3 is 2.04 bits per heavy atom. The molecule has 2 N–H and O–H groups in total. The lowest BCUT2D eigenvalue weighted by Crippen LogP contribution is -2.09. The summed E-state index contributed by atoms with van der Waals surface area (Å²) in [5.41, 5.74) is 0.652. The van der Waals surface area contributed by atoms with Crippen LogP contribution in [-0.2, 0) is 26.8 Å². The molecule has 0 aromatic heterocycles. The van der Waals surface area contributed by atoms with E-state index in [1.54, 1.807) is 32.9 Å². The second-order valence-electron chi connectivity index (χ2n) is 4.63. The van der Waals surface area contributed by atoms with Gasteiger partial charge < -0.3 is 4.52 Å². The van der Waals surface area contributed by atoms with Crippen molar-refractivity contribution in [3.05, 3.63) is 34.4 Å². The van der Waals surface area contributed by atoms with Crippen LogP contribution in [0, 0.1) is 20.8 Å². The van der Waals surface area contributed by atoms with Crippen molar-refractivity contribution in [2.24, 2.45) is 0 Å². The molecule has 128 valence electrons. The van der Waals surface area contributed by atoms with Gasteiger partial charge in [0.1, 0.15) is 0 Å². The van der Waals surface area contributed by atoms with Crippen LogP contribution in [0.4, 0.5) is 0 Å². The van der Waals surface area contributed by atoms with Crippen LogP contribution >= 0.6 is 23.7 Å². The fraction of sp³-hybridized carbons (Fsp3) is 0.364. The Hall–Kier alpha value is -0.750. The maximum Gasteiger partial charge on any atom is 0.705 e. The molecule has 1 aromatic rings. The molecule has 0 bridgehead atoms. The molecule has 1 rings (SSSR count). The van der Waals surface area contributed by atoms with Gasteiger partial charge in [-0.15, -0.1) is 4.89 Å². The van der Waals surface area contributed by atoms with Gasteiger partial charge in [-0.1, -0.05) is 17.7 Å². The lowest BCUT2D eigenvalue weighted by Gasteiger charge is -2.17. The van der Waals surface area contributed by atoms with Gasteiger partial charge in [0.2, 0.25) is 0 Å². The van der Waals surface area contributed by atoms with Crippen LogP contribution in [0.2, 0.25) is 0 Å². The van der Waals surface area contributed by atoms with Crippen molar-refractivity contribution >= 4 is 29.2 Å². The number of hydrogen-bond acceptors (Lipinski definition) is 7. The van der Waals surface area contributed by atoms with Crippen LogP contribution in [-0.4, -0.2) is 22.4 Å². The van der Waals surface area contributed by atoms with Crippen LogP contribution in [0.15, 0.2) is 12.1 Å². The van der Waals surface area contributed by atoms with E-state index in [2.05, 4.69) is 13.1 Å². The van der Waals surface area contributed by atoms with Crippen molar-refractivity contribution in [3.8, 4) is 0 Å². The van der Waals surface area contributed by atoms with Crippen molar-refractivity contribution in [2.45, 2.75) is 20.8 Å². The topological polar surface area (TPSA) is 136 Å². The average molecular weight is 385 g/mol. The molecule has 0 saturated heterocycles. The zero-order valence-electron chi connectivity index (χ0n) is 12.7. The molecule has 0 saturated carbocycles. The molecule has 3 atom stereocenters. The monoisotopic (exact) mass is 385 g/mol. The summed E-state index contributed by atoms with van der Waals surface area (Å²) in [4.78, 5) is 30.3. The molecule has 12 heteroatoms. The van der Waals surface area contributed by atoms with Gasteiger partial charge in [-0.3, -0.25) is 14.3 Å². The van der Waals surface area contributed by atoms with Gasteiger partial charge >= 0.3 is 23.7 Å². The summed E-state index contributed by atoms with van der Waals surface area (Å²) in [5, 5.41) is 0. The second-order valence-corrected chi connectivity index (χ2v) is 9.11. The minimum Gasteiger partial charge on any atom is -0.306 e. The van der Waals surface area contributed by atoms with Crippen molar-refractivity contribution in [1.82, 2.24) is 0 Å². The summed E-state index contributed by atoms with van der Waals surface area (Å²) >= 11 is 0. The molecule has 1 aromatic carbocycles. The van der Waals surface area contributed by atoms with E-state index < -0.39 is 29.2 Å². The molecule has 9 nitrogen and oxygen atoms in total. The largest absolute Gasteiger partial charge is 0.705 e. The SMILES string of the molecule is COP(=O)(OP(=O)(O)O[P+](=O)O)C(=O)c1c(C)cc(C)cc1C. The van der Waals surface area contributed by atoms with Gasteiger partial charge in [-0.25, -0.2) is 4.57 Å². The molecule has 0 aliphatic carbocycles. The lowest BCUT2D eigenvalue weighted by molar-refractivity contribution is 0.102. The Morgan fingerprint density at radius 2 is 1.65 bits per heavy atom. The van der Waals surface area contributed by atoms with Crippen LogP contribution < -0.4 is 0 Å². The summed E-state index contributed by atoms with van der Waals surface area (Å²) in [7, 11) is -12.7. The Bertz CT molecular complexity index is 719. The first-order valence-electron chi connectivity index (χ1n) is 6.10. The van der Waals surface area contributed by atoms with Gasteiger partial charge in [0, 0.05) is 17.2 Å². The maximum absolute atomic E-state index is 12.5. The number of aryl methyl sites for hydroxylation is 3. The zero-order valence-corrected chi connectivity index (χ0v) is 15.4. The molecule has 0 fully saturated rings. The van der Waals surface area contributed by atoms with Crippen LogP contribution in [0.1, 0.15) is 27.0 Å². The Morgan fingerprint density at radius 1 is 1.17 bits per heavy atom. The molecule has 0 aliphatic heterocycles. The van der Waals surface area contributed by atoms with Gasteiger partial charge in [0.05, 0.1) is 0 Å². The highest BCUT2D eigenvalue weighted by Gasteiger charge is 2.47. The molecule has 3 unspecified atom stereocenters. The van der Waals surface area contributed by atoms with Gasteiger partial charge in [-0.2, -0.15) is 4.31 Å². The van der Waals surface area contributed by atoms with Crippen LogP contribution in [0.25, 0.3) is 0 Å². The number of phosphoric acid groups is 1. The minimum atomic E-state index is -5.24. The Labute approximate surface area is 133 Å². The molecular weight excluding hydrogens is 369 g/mol. The van der Waals surface area contributed by atoms with E-state index in [1.165, 1.54) is 0 Å². The standard InChI is InChI=1S/C11H15O9P3/c1-7-5-8(2)10(9(3)6-7)11(12)22(15,18-4)20-23(16,17)19-21(13)14/h5-6H,1-4H3,(H-,13,14,16,17)/p+1. The number of carbonyl (C=O) groups excluding carboxylic acids is 1. The number of hydrogen-bond donors (Lipinski definition) is 2. The minimum absolute atomic E-state index is 0.00849. The summed E-state index contributed by atoms with van der Waals surface area (Å²) in [6.07, 6.45) is 0. The molecule has 0 aliphatic rings. The second kappa shape index (κ2) is 7.43. The first-order valence-corrected chi connectivity index (χ1v) is 10.3. The van der Waals surface area contributed by atoms with E-state index in [-0.39, 0.29) is 5.56 Å². The van der Waals surface area contributed by atoms with Crippen LogP contribution in [0.5, 0.6) is 0 Å². The normalized spacial score (nSPS) is 17.2. The van der Waals surface area contributed by atoms with Crippen molar-refractivity contribution in [3.63, 3.8) is 0 Å². The smallest absolute Gasteiger partial charge is 0.306 e. The zero-order chi connectivity index (χ0) is 18.0. The van der Waals surface area contributed by atoms with E-state index >= 15 is 0 Å². The third kappa shape index (κ3) is 5.11. The predicted molar refractivity (Wildman–Crippen MR) is 81.4 cm³/mol. The maximum atomic E-state index is 12.5. The first kappa shape index (κ1) is 20.3. The van der Waals surface area contributed by atoms with E-state index in [0.29, 0.717) is 11.1 Å². The highest BCUT2D eigenvalue weighted by molar-refractivity contribution is 7.78. The fourth-order valence-electron chi connectivity index (χ4n) is 2.05. The number of benzene rings is 1. The van der Waals surface area contributed by atoms with Crippen molar-refractivity contribution < 1.29 is 41.4 Å². The summed E-state index contributed by atoms with van der Waals surface area (Å²) < 4.78 is 47.0. The van der Waals surface area contributed by atoms with E-state index in [1.807, 2.05) is 0 Å². The van der Waals surface area contributed by atoms with Crippen LogP contribution in [0.3, 0.4) is 0 Å².